The molecule has 1 aromatic heterocycles. The molecule has 2 aromatic carbocycles. The second-order valence-corrected chi connectivity index (χ2v) is 6.71. The van der Waals surface area contributed by atoms with Crippen molar-refractivity contribution in [3.05, 3.63) is 64.9 Å². The van der Waals surface area contributed by atoms with Crippen LogP contribution in [0.25, 0.3) is 10.6 Å². The van der Waals surface area contributed by atoms with Crippen LogP contribution in [0.4, 0.5) is 4.39 Å². The molecule has 0 spiro atoms. The van der Waals surface area contributed by atoms with Crippen LogP contribution in [0.5, 0.6) is 11.5 Å². The molecule has 0 unspecified atom stereocenters. The monoisotopic (exact) mass is 372 g/mol. The summed E-state index contributed by atoms with van der Waals surface area (Å²) in [6.45, 7) is 0.341. The Morgan fingerprint density at radius 3 is 2.81 bits per heavy atom. The Balaban J connectivity index is 1.80. The van der Waals surface area contributed by atoms with Gasteiger partial charge < -0.3 is 14.7 Å². The number of rotatable bonds is 5. The van der Waals surface area contributed by atoms with E-state index in [1.807, 2.05) is 6.07 Å². The Bertz CT molecular complexity index is 942. The molecule has 0 fully saturated rings. The molecule has 0 atom stereocenters. The maximum atomic E-state index is 14.4. The lowest BCUT2D eigenvalue weighted by atomic mass is 10.2. The molecule has 26 heavy (non-hydrogen) atoms. The number of aromatic nitrogens is 1. The molecule has 3 aromatic rings. The van der Waals surface area contributed by atoms with E-state index in [9.17, 15) is 14.3 Å². The zero-order chi connectivity index (χ0) is 18.7. The third-order valence-electron chi connectivity index (χ3n) is 3.81. The van der Waals surface area contributed by atoms with E-state index >= 15 is 0 Å². The third-order valence-corrected chi connectivity index (χ3v) is 4.83. The first-order chi connectivity index (χ1) is 12.5. The molecule has 1 heterocycles. The van der Waals surface area contributed by atoms with Gasteiger partial charge in [-0.2, -0.15) is 0 Å². The number of hydrogen-bond donors (Lipinski definition) is 1. The summed E-state index contributed by atoms with van der Waals surface area (Å²) in [5, 5.41) is 9.94. The van der Waals surface area contributed by atoms with Gasteiger partial charge in [0.1, 0.15) is 15.6 Å². The van der Waals surface area contributed by atoms with E-state index < -0.39 is 5.82 Å². The van der Waals surface area contributed by atoms with Crippen LogP contribution in [-0.2, 0) is 6.54 Å². The van der Waals surface area contributed by atoms with E-state index in [0.717, 1.165) is 16.9 Å². The van der Waals surface area contributed by atoms with Crippen LogP contribution in [0, 0.1) is 5.82 Å². The number of aromatic hydroxyl groups is 1. The van der Waals surface area contributed by atoms with Crippen LogP contribution < -0.4 is 4.74 Å². The minimum absolute atomic E-state index is 0.131. The first-order valence-corrected chi connectivity index (χ1v) is 8.63. The number of carbonyl (C=O) groups is 1. The number of nitrogens with zero attached hydrogens (tertiary/aromatic N) is 2. The number of amides is 1. The molecule has 0 bridgehead atoms. The number of hydrogen-bond acceptors (Lipinski definition) is 5. The molecule has 0 aliphatic rings. The summed E-state index contributed by atoms with van der Waals surface area (Å²) in [7, 11) is 3.06. The first-order valence-electron chi connectivity index (χ1n) is 7.81. The van der Waals surface area contributed by atoms with Crippen molar-refractivity contribution in [1.82, 2.24) is 9.88 Å². The van der Waals surface area contributed by atoms with E-state index in [-0.39, 0.29) is 17.4 Å². The van der Waals surface area contributed by atoms with Crippen LogP contribution in [0.3, 0.4) is 0 Å². The lowest BCUT2D eigenvalue weighted by molar-refractivity contribution is 0.0789. The van der Waals surface area contributed by atoms with E-state index in [2.05, 4.69) is 4.98 Å². The lowest BCUT2D eigenvalue weighted by Gasteiger charge is -2.16. The highest BCUT2D eigenvalue weighted by molar-refractivity contribution is 7.16. The quantitative estimate of drug-likeness (QED) is 0.737. The van der Waals surface area contributed by atoms with Crippen molar-refractivity contribution >= 4 is 17.2 Å². The van der Waals surface area contributed by atoms with Crippen LogP contribution in [0.15, 0.2) is 48.7 Å². The van der Waals surface area contributed by atoms with Crippen LogP contribution >= 0.6 is 11.3 Å². The van der Waals surface area contributed by atoms with Gasteiger partial charge in [-0.05, 0) is 29.8 Å². The summed E-state index contributed by atoms with van der Waals surface area (Å²) in [5.74, 6) is -0.444. The molecule has 0 aliphatic carbocycles. The van der Waals surface area contributed by atoms with Crippen LogP contribution in [-0.4, -0.2) is 35.1 Å². The van der Waals surface area contributed by atoms with Gasteiger partial charge in [0.2, 0.25) is 0 Å². The Morgan fingerprint density at radius 1 is 1.31 bits per heavy atom. The summed E-state index contributed by atoms with van der Waals surface area (Å²) in [6.07, 6.45) is 1.44. The highest BCUT2D eigenvalue weighted by atomic mass is 32.1. The molecule has 0 radical (unpaired) electrons. The van der Waals surface area contributed by atoms with Crippen molar-refractivity contribution in [2.45, 2.75) is 6.54 Å². The number of halogens is 1. The maximum Gasteiger partial charge on any atom is 0.265 e. The number of carbonyl (C=O) groups excluding carboxylic acids is 1. The second kappa shape index (κ2) is 7.53. The highest BCUT2D eigenvalue weighted by Gasteiger charge is 2.19. The average Bonchev–Trinajstić information content (AvgIpc) is 3.11. The Morgan fingerprint density at radius 2 is 2.08 bits per heavy atom. The number of benzene rings is 2. The Hall–Kier alpha value is -2.93. The van der Waals surface area contributed by atoms with E-state index in [1.54, 1.807) is 37.4 Å². The maximum absolute atomic E-state index is 14.4. The largest absolute Gasteiger partial charge is 0.508 e. The van der Waals surface area contributed by atoms with E-state index in [0.29, 0.717) is 22.0 Å². The first kappa shape index (κ1) is 17.9. The summed E-state index contributed by atoms with van der Waals surface area (Å²) in [4.78, 5) is 18.7. The second-order valence-electron chi connectivity index (χ2n) is 5.68. The van der Waals surface area contributed by atoms with Crippen molar-refractivity contribution < 1.29 is 19.0 Å². The van der Waals surface area contributed by atoms with Gasteiger partial charge in [-0.3, -0.25) is 4.79 Å². The summed E-state index contributed by atoms with van der Waals surface area (Å²) >= 11 is 1.12. The minimum Gasteiger partial charge on any atom is -0.508 e. The molecule has 1 amide bonds. The zero-order valence-electron chi connectivity index (χ0n) is 14.3. The molecule has 134 valence electrons. The molecule has 7 heteroatoms. The molecule has 0 saturated heterocycles. The van der Waals surface area contributed by atoms with Crippen LogP contribution in [0.1, 0.15) is 15.2 Å². The van der Waals surface area contributed by atoms with Gasteiger partial charge in [0.05, 0.1) is 18.9 Å². The number of methoxy groups -OCH3 is 1. The van der Waals surface area contributed by atoms with Gasteiger partial charge in [-0.15, -0.1) is 11.3 Å². The lowest BCUT2D eigenvalue weighted by Crippen LogP contribution is -2.25. The van der Waals surface area contributed by atoms with Crippen molar-refractivity contribution in [1.29, 1.82) is 0 Å². The number of ether oxygens (including phenoxy) is 1. The normalized spacial score (nSPS) is 10.6. The van der Waals surface area contributed by atoms with Crippen molar-refractivity contribution in [2.24, 2.45) is 0 Å². The SMILES string of the molecule is COc1cccc(-c2ncc(C(=O)N(C)Cc3cccc(O)c3)s2)c1F. The Kier molecular flexibility index (Phi) is 5.18. The molecule has 0 aliphatic heterocycles. The van der Waals surface area contributed by atoms with Gasteiger partial charge in [0.25, 0.3) is 5.91 Å². The van der Waals surface area contributed by atoms with Gasteiger partial charge in [0.15, 0.2) is 11.6 Å². The third kappa shape index (κ3) is 3.67. The molecular weight excluding hydrogens is 355 g/mol. The van der Waals surface area contributed by atoms with E-state index in [4.69, 9.17) is 4.74 Å². The van der Waals surface area contributed by atoms with E-state index in [1.165, 1.54) is 24.3 Å². The minimum atomic E-state index is -0.503. The fourth-order valence-electron chi connectivity index (χ4n) is 2.52. The predicted octanol–water partition coefficient (Wildman–Crippen LogP) is 3.94. The number of thiazole rings is 1. The summed E-state index contributed by atoms with van der Waals surface area (Å²) in [5.41, 5.74) is 1.11. The standard InChI is InChI=1S/C19H17FN2O3S/c1-22(11-12-5-3-6-13(23)9-12)19(24)16-10-21-18(26-16)14-7-4-8-15(25-2)17(14)20/h3-10,23H,11H2,1-2H3. The van der Waals surface area contributed by atoms with Gasteiger partial charge >= 0.3 is 0 Å². The van der Waals surface area contributed by atoms with Crippen molar-refractivity contribution in [2.75, 3.05) is 14.2 Å². The van der Waals surface area contributed by atoms with Crippen molar-refractivity contribution in [3.63, 3.8) is 0 Å². The van der Waals surface area contributed by atoms with Gasteiger partial charge in [-0.1, -0.05) is 18.2 Å². The highest BCUT2D eigenvalue weighted by Crippen LogP contribution is 2.32. The van der Waals surface area contributed by atoms with Gasteiger partial charge in [-0.25, -0.2) is 9.37 Å². The Labute approximate surface area is 154 Å². The van der Waals surface area contributed by atoms with Crippen LogP contribution in [0.2, 0.25) is 0 Å². The summed E-state index contributed by atoms with van der Waals surface area (Å²) in [6, 6.07) is 11.5. The summed E-state index contributed by atoms with van der Waals surface area (Å²) < 4.78 is 19.4. The smallest absolute Gasteiger partial charge is 0.265 e. The molecule has 3 rings (SSSR count). The number of phenolic OH excluding ortho intramolecular Hbond substituents is 1. The fraction of sp³-hybridized carbons (Fsp3) is 0.158. The van der Waals surface area contributed by atoms with Crippen molar-refractivity contribution in [3.8, 4) is 22.1 Å². The molecule has 0 saturated carbocycles. The van der Waals surface area contributed by atoms with Gasteiger partial charge in [0, 0.05) is 13.6 Å². The predicted molar refractivity (Wildman–Crippen MR) is 98.0 cm³/mol. The molecule has 1 N–H and O–H groups in total. The molecule has 5 nitrogen and oxygen atoms in total. The number of phenols is 1. The topological polar surface area (TPSA) is 62.7 Å². The molecular formula is C19H17FN2O3S. The average molecular weight is 372 g/mol. The fourth-order valence-corrected chi connectivity index (χ4v) is 3.45. The zero-order valence-corrected chi connectivity index (χ0v) is 15.1.